The predicted octanol–water partition coefficient (Wildman–Crippen LogP) is 4.78. The molecular weight excluding hydrogens is 434 g/mol. The van der Waals surface area contributed by atoms with Crippen molar-refractivity contribution < 1.29 is 14.3 Å². The molecule has 0 unspecified atom stereocenters. The van der Waals surface area contributed by atoms with Crippen LogP contribution in [0.25, 0.3) is 0 Å². The Kier molecular flexibility index (Phi) is 7.40. The molecule has 0 aliphatic heterocycles. The molecule has 1 atom stereocenters. The Balaban J connectivity index is 1.50. The van der Waals surface area contributed by atoms with Crippen molar-refractivity contribution in [1.29, 1.82) is 0 Å². The van der Waals surface area contributed by atoms with Crippen molar-refractivity contribution in [2.75, 3.05) is 11.9 Å². The average Bonchev–Trinajstić information content (AvgIpc) is 3.16. The van der Waals surface area contributed by atoms with Gasteiger partial charge in [0.15, 0.2) is 0 Å². The van der Waals surface area contributed by atoms with Gasteiger partial charge in [-0.15, -0.1) is 11.3 Å². The van der Waals surface area contributed by atoms with Gasteiger partial charge in [0.1, 0.15) is 10.8 Å². The Labute approximate surface area is 198 Å². The van der Waals surface area contributed by atoms with Gasteiger partial charge in [0.2, 0.25) is 5.91 Å². The molecule has 0 fully saturated rings. The highest BCUT2D eigenvalue weighted by Gasteiger charge is 2.28. The number of hydrogen-bond acceptors (Lipinski definition) is 5. The van der Waals surface area contributed by atoms with Crippen LogP contribution in [0.15, 0.2) is 48.8 Å². The van der Waals surface area contributed by atoms with Crippen molar-refractivity contribution >= 4 is 28.2 Å². The maximum atomic E-state index is 13.2. The summed E-state index contributed by atoms with van der Waals surface area (Å²) in [5.41, 5.74) is 3.53. The monoisotopic (exact) mass is 463 g/mol. The van der Waals surface area contributed by atoms with E-state index in [-0.39, 0.29) is 18.2 Å². The summed E-state index contributed by atoms with van der Waals surface area (Å²) in [4.78, 5) is 31.4. The van der Waals surface area contributed by atoms with Crippen molar-refractivity contribution in [2.45, 2.75) is 46.1 Å². The maximum Gasteiger partial charge on any atom is 0.254 e. The van der Waals surface area contributed by atoms with Crippen LogP contribution >= 0.6 is 11.3 Å². The van der Waals surface area contributed by atoms with E-state index in [0.717, 1.165) is 41.7 Å². The molecule has 0 saturated heterocycles. The first-order valence-electron chi connectivity index (χ1n) is 11.4. The number of carbonyl (C=O) groups is 2. The van der Waals surface area contributed by atoms with E-state index < -0.39 is 0 Å². The van der Waals surface area contributed by atoms with Crippen LogP contribution in [0.5, 0.6) is 5.75 Å². The first kappa shape index (κ1) is 23.0. The van der Waals surface area contributed by atoms with E-state index >= 15 is 0 Å². The van der Waals surface area contributed by atoms with Crippen molar-refractivity contribution in [3.05, 3.63) is 75.9 Å². The number of nitrogens with zero attached hydrogens (tertiary/aromatic N) is 1. The van der Waals surface area contributed by atoms with Crippen LogP contribution < -0.4 is 15.4 Å². The van der Waals surface area contributed by atoms with Gasteiger partial charge >= 0.3 is 0 Å². The Morgan fingerprint density at radius 3 is 2.73 bits per heavy atom. The molecular formula is C26H29N3O3S. The van der Waals surface area contributed by atoms with Gasteiger partial charge in [-0.25, -0.2) is 0 Å². The Morgan fingerprint density at radius 1 is 1.18 bits per heavy atom. The summed E-state index contributed by atoms with van der Waals surface area (Å²) < 4.78 is 5.47. The van der Waals surface area contributed by atoms with E-state index in [1.807, 2.05) is 43.3 Å². The molecule has 1 aliphatic carbocycles. The van der Waals surface area contributed by atoms with E-state index in [1.54, 1.807) is 12.4 Å². The highest BCUT2D eigenvalue weighted by atomic mass is 32.1. The molecule has 6 nitrogen and oxygen atoms in total. The van der Waals surface area contributed by atoms with E-state index in [4.69, 9.17) is 4.74 Å². The third-order valence-corrected chi connectivity index (χ3v) is 6.94. The molecule has 2 heterocycles. The number of thiophene rings is 1. The average molecular weight is 464 g/mol. The first-order chi connectivity index (χ1) is 16.0. The number of ether oxygens (including phenoxy) is 1. The Hall–Kier alpha value is -3.19. The minimum Gasteiger partial charge on any atom is -0.494 e. The molecule has 2 aromatic heterocycles. The van der Waals surface area contributed by atoms with Gasteiger partial charge in [-0.3, -0.25) is 14.6 Å². The topological polar surface area (TPSA) is 80.3 Å². The fraction of sp³-hybridized carbons (Fsp3) is 0.346. The number of benzene rings is 1. The number of anilines is 1. The smallest absolute Gasteiger partial charge is 0.254 e. The van der Waals surface area contributed by atoms with Gasteiger partial charge in [0, 0.05) is 23.8 Å². The molecule has 0 saturated carbocycles. The Bertz CT molecular complexity index is 1110. The minimum absolute atomic E-state index is 0.132. The van der Waals surface area contributed by atoms with Crippen LogP contribution in [-0.4, -0.2) is 23.4 Å². The molecule has 33 heavy (non-hydrogen) atoms. The van der Waals surface area contributed by atoms with Gasteiger partial charge in [-0.05, 0) is 67.0 Å². The number of rotatable bonds is 8. The quantitative estimate of drug-likeness (QED) is 0.504. The van der Waals surface area contributed by atoms with Crippen LogP contribution in [0, 0.1) is 5.92 Å². The van der Waals surface area contributed by atoms with Crippen LogP contribution in [-0.2, 0) is 30.6 Å². The number of hydrogen-bond donors (Lipinski definition) is 2. The number of pyridine rings is 1. The van der Waals surface area contributed by atoms with Crippen LogP contribution in [0.3, 0.4) is 0 Å². The zero-order valence-corrected chi connectivity index (χ0v) is 19.8. The number of amides is 2. The lowest BCUT2D eigenvalue weighted by atomic mass is 9.88. The summed E-state index contributed by atoms with van der Waals surface area (Å²) >= 11 is 1.54. The highest BCUT2D eigenvalue weighted by Crippen LogP contribution is 2.39. The van der Waals surface area contributed by atoms with Gasteiger partial charge in [-0.2, -0.15) is 0 Å². The molecule has 7 heteroatoms. The molecule has 0 bridgehead atoms. The number of fused-ring (bicyclic) bond motifs is 1. The molecule has 3 aromatic rings. The van der Waals surface area contributed by atoms with Crippen molar-refractivity contribution in [2.24, 2.45) is 5.92 Å². The summed E-state index contributed by atoms with van der Waals surface area (Å²) in [5, 5.41) is 6.68. The molecule has 2 amide bonds. The van der Waals surface area contributed by atoms with Gasteiger partial charge in [0.05, 0.1) is 18.6 Å². The second kappa shape index (κ2) is 10.6. The van der Waals surface area contributed by atoms with E-state index in [9.17, 15) is 9.59 Å². The fourth-order valence-corrected chi connectivity index (χ4v) is 5.50. The minimum atomic E-state index is -0.151. The lowest BCUT2D eigenvalue weighted by molar-refractivity contribution is -0.115. The van der Waals surface area contributed by atoms with Crippen molar-refractivity contribution in [1.82, 2.24) is 10.3 Å². The molecule has 4 rings (SSSR count). The summed E-state index contributed by atoms with van der Waals surface area (Å²) in [7, 11) is 0. The second-order valence-electron chi connectivity index (χ2n) is 8.40. The van der Waals surface area contributed by atoms with Crippen LogP contribution in [0.4, 0.5) is 5.00 Å². The summed E-state index contributed by atoms with van der Waals surface area (Å²) in [6.07, 6.45) is 6.54. The highest BCUT2D eigenvalue weighted by molar-refractivity contribution is 7.17. The summed E-state index contributed by atoms with van der Waals surface area (Å²) in [5.74, 6) is 1.08. The van der Waals surface area contributed by atoms with Gasteiger partial charge in [-0.1, -0.05) is 25.1 Å². The lowest BCUT2D eigenvalue weighted by Crippen LogP contribution is -2.26. The maximum absolute atomic E-state index is 13.2. The number of nitrogens with one attached hydrogen (secondary N) is 2. The third-order valence-electron chi connectivity index (χ3n) is 5.77. The molecule has 0 spiro atoms. The van der Waals surface area contributed by atoms with Gasteiger partial charge in [0.25, 0.3) is 5.91 Å². The first-order valence-corrected chi connectivity index (χ1v) is 12.2. The molecule has 172 valence electrons. The van der Waals surface area contributed by atoms with Crippen LogP contribution in [0.2, 0.25) is 0 Å². The van der Waals surface area contributed by atoms with Gasteiger partial charge < -0.3 is 15.4 Å². The standard InChI is InChI=1S/C26H29N3O3S/c1-3-32-20-9-7-18(8-10-20)14-23(30)29-26-24(21-11-6-17(2)13-22(21)33-26)25(31)28-16-19-5-4-12-27-15-19/h4-5,7-10,12,15,17H,3,6,11,13-14,16H2,1-2H3,(H,28,31)(H,29,30)/t17-/m0/s1. The molecule has 0 radical (unpaired) electrons. The van der Waals surface area contributed by atoms with E-state index in [2.05, 4.69) is 22.5 Å². The van der Waals surface area contributed by atoms with Crippen molar-refractivity contribution in [3.8, 4) is 5.75 Å². The number of carbonyl (C=O) groups excluding carboxylic acids is 2. The molecule has 1 aliphatic rings. The SMILES string of the molecule is CCOc1ccc(CC(=O)Nc2sc3c(c2C(=O)NCc2cccnc2)CC[C@H](C)C3)cc1. The zero-order valence-electron chi connectivity index (χ0n) is 19.0. The predicted molar refractivity (Wildman–Crippen MR) is 131 cm³/mol. The number of aromatic nitrogens is 1. The second-order valence-corrected chi connectivity index (χ2v) is 9.51. The van der Waals surface area contributed by atoms with E-state index in [1.165, 1.54) is 16.2 Å². The van der Waals surface area contributed by atoms with Crippen LogP contribution in [0.1, 0.15) is 52.2 Å². The Morgan fingerprint density at radius 2 is 2.00 bits per heavy atom. The molecule has 1 aromatic carbocycles. The molecule has 2 N–H and O–H groups in total. The normalized spacial score (nSPS) is 14.9. The summed E-state index contributed by atoms with van der Waals surface area (Å²) in [6, 6.07) is 11.3. The summed E-state index contributed by atoms with van der Waals surface area (Å²) in [6.45, 7) is 5.17. The van der Waals surface area contributed by atoms with E-state index in [0.29, 0.717) is 29.6 Å². The zero-order chi connectivity index (χ0) is 23.2. The van der Waals surface area contributed by atoms with Crippen molar-refractivity contribution in [3.63, 3.8) is 0 Å². The third kappa shape index (κ3) is 5.79. The largest absolute Gasteiger partial charge is 0.494 e. The lowest BCUT2D eigenvalue weighted by Gasteiger charge is -2.18. The fourth-order valence-electron chi connectivity index (χ4n) is 4.08.